The van der Waals surface area contributed by atoms with Crippen LogP contribution in [0.2, 0.25) is 0 Å². The lowest BCUT2D eigenvalue weighted by atomic mass is 9.84. The highest BCUT2D eigenvalue weighted by Gasteiger charge is 2.25. The first-order valence-corrected chi connectivity index (χ1v) is 5.68. The minimum atomic E-state index is -0.0961. The Morgan fingerprint density at radius 1 is 1.50 bits per heavy atom. The lowest BCUT2D eigenvalue weighted by molar-refractivity contribution is -0.148. The number of aromatic hydroxyl groups is 1. The van der Waals surface area contributed by atoms with Crippen LogP contribution < -0.4 is 0 Å². The number of aryl methyl sites for hydroxylation is 1. The molecule has 1 atom stereocenters. The van der Waals surface area contributed by atoms with E-state index in [1.807, 2.05) is 13.0 Å². The number of rotatable bonds is 2. The van der Waals surface area contributed by atoms with Crippen molar-refractivity contribution in [3.05, 3.63) is 29.3 Å². The highest BCUT2D eigenvalue weighted by molar-refractivity contribution is 5.73. The Morgan fingerprint density at radius 3 is 3.06 bits per heavy atom. The van der Waals surface area contributed by atoms with Crippen LogP contribution in [0.5, 0.6) is 5.75 Å². The number of ether oxygens (including phenoxy) is 1. The van der Waals surface area contributed by atoms with Gasteiger partial charge in [0.2, 0.25) is 0 Å². The maximum absolute atomic E-state index is 11.6. The Bertz CT molecular complexity index is 398. The predicted molar refractivity (Wildman–Crippen MR) is 60.3 cm³/mol. The quantitative estimate of drug-likeness (QED) is 0.776. The van der Waals surface area contributed by atoms with Crippen LogP contribution in [0.15, 0.2) is 18.2 Å². The van der Waals surface area contributed by atoms with Gasteiger partial charge in [-0.25, -0.2) is 0 Å². The molecule has 0 amide bonds. The van der Waals surface area contributed by atoms with Gasteiger partial charge in [0, 0.05) is 0 Å². The van der Waals surface area contributed by atoms with Gasteiger partial charge in [-0.2, -0.15) is 0 Å². The maximum Gasteiger partial charge on any atom is 0.309 e. The second-order valence-electron chi connectivity index (χ2n) is 4.14. The molecule has 16 heavy (non-hydrogen) atoms. The Balaban J connectivity index is 2.12. The van der Waals surface area contributed by atoms with Crippen LogP contribution in [-0.4, -0.2) is 17.7 Å². The number of hydrogen-bond donors (Lipinski definition) is 1. The summed E-state index contributed by atoms with van der Waals surface area (Å²) in [7, 11) is 0. The number of hydrogen-bond acceptors (Lipinski definition) is 3. The minimum Gasteiger partial charge on any atom is -0.508 e. The van der Waals surface area contributed by atoms with Gasteiger partial charge in [-0.15, -0.1) is 0 Å². The predicted octanol–water partition coefficient (Wildman–Crippen LogP) is 2.06. The molecule has 1 aliphatic carbocycles. The second kappa shape index (κ2) is 4.56. The zero-order chi connectivity index (χ0) is 11.5. The second-order valence-corrected chi connectivity index (χ2v) is 4.14. The van der Waals surface area contributed by atoms with Gasteiger partial charge in [0.05, 0.1) is 12.5 Å². The summed E-state index contributed by atoms with van der Waals surface area (Å²) in [5.74, 6) is 0.187. The maximum atomic E-state index is 11.6. The van der Waals surface area contributed by atoms with E-state index in [0.29, 0.717) is 12.4 Å². The highest BCUT2D eigenvalue weighted by Crippen LogP contribution is 2.28. The van der Waals surface area contributed by atoms with Crippen molar-refractivity contribution in [2.24, 2.45) is 5.92 Å². The molecule has 3 heteroatoms. The third-order valence-corrected chi connectivity index (χ3v) is 3.04. The molecule has 1 aromatic rings. The summed E-state index contributed by atoms with van der Waals surface area (Å²) in [6.07, 6.45) is 2.39. The first kappa shape index (κ1) is 11.0. The fourth-order valence-electron chi connectivity index (χ4n) is 2.20. The Labute approximate surface area is 95.0 Å². The molecule has 0 bridgehead atoms. The fraction of sp³-hybridized carbons (Fsp3) is 0.462. The van der Waals surface area contributed by atoms with Crippen LogP contribution in [0.3, 0.4) is 0 Å². The molecule has 1 N–H and O–H groups in total. The minimum absolute atomic E-state index is 0.0167. The molecule has 3 nitrogen and oxygen atoms in total. The number of carbonyl (C=O) groups is 1. The van der Waals surface area contributed by atoms with E-state index >= 15 is 0 Å². The number of carbonyl (C=O) groups excluding carboxylic acids is 1. The summed E-state index contributed by atoms with van der Waals surface area (Å²) in [4.78, 5) is 11.6. The topological polar surface area (TPSA) is 46.5 Å². The molecular weight excluding hydrogens is 204 g/mol. The van der Waals surface area contributed by atoms with Crippen molar-refractivity contribution in [3.8, 4) is 5.75 Å². The molecule has 0 spiro atoms. The zero-order valence-electron chi connectivity index (χ0n) is 9.40. The summed E-state index contributed by atoms with van der Waals surface area (Å²) >= 11 is 0. The van der Waals surface area contributed by atoms with Gasteiger partial charge in [0.15, 0.2) is 0 Å². The molecule has 0 saturated carbocycles. The van der Waals surface area contributed by atoms with Crippen molar-refractivity contribution < 1.29 is 14.6 Å². The largest absolute Gasteiger partial charge is 0.508 e. The van der Waals surface area contributed by atoms with Crippen LogP contribution in [-0.2, 0) is 22.4 Å². The molecule has 0 aliphatic heterocycles. The van der Waals surface area contributed by atoms with Crippen molar-refractivity contribution >= 4 is 5.97 Å². The van der Waals surface area contributed by atoms with E-state index in [9.17, 15) is 9.90 Å². The van der Waals surface area contributed by atoms with E-state index in [4.69, 9.17) is 4.74 Å². The molecule has 2 rings (SSSR count). The molecule has 0 radical (unpaired) electrons. The third-order valence-electron chi connectivity index (χ3n) is 3.04. The highest BCUT2D eigenvalue weighted by atomic mass is 16.5. The van der Waals surface area contributed by atoms with Crippen LogP contribution in [0.25, 0.3) is 0 Å². The molecular formula is C13H16O3. The van der Waals surface area contributed by atoms with Crippen molar-refractivity contribution in [2.45, 2.75) is 26.2 Å². The average molecular weight is 220 g/mol. The van der Waals surface area contributed by atoms with E-state index in [1.54, 1.807) is 12.1 Å². The molecule has 0 aromatic heterocycles. The number of fused-ring (bicyclic) bond motifs is 1. The van der Waals surface area contributed by atoms with Gasteiger partial charge in [0.1, 0.15) is 5.75 Å². The van der Waals surface area contributed by atoms with Crippen molar-refractivity contribution in [1.29, 1.82) is 0 Å². The Kier molecular flexibility index (Phi) is 3.13. The van der Waals surface area contributed by atoms with E-state index in [1.165, 1.54) is 0 Å². The molecule has 0 saturated heterocycles. The summed E-state index contributed by atoms with van der Waals surface area (Å²) in [5.41, 5.74) is 2.31. The smallest absolute Gasteiger partial charge is 0.309 e. The van der Waals surface area contributed by atoms with E-state index in [2.05, 4.69) is 0 Å². The van der Waals surface area contributed by atoms with Gasteiger partial charge in [-0.1, -0.05) is 6.07 Å². The standard InChI is InChI=1S/C13H16O3/c1-2-16-13(15)11-4-3-10-8-12(14)6-5-9(10)7-11/h5-6,8,11,14H,2-4,7H2,1H3. The Morgan fingerprint density at radius 2 is 2.31 bits per heavy atom. The van der Waals surface area contributed by atoms with Crippen LogP contribution in [0.4, 0.5) is 0 Å². The normalized spacial score (nSPS) is 18.9. The number of esters is 1. The van der Waals surface area contributed by atoms with Crippen LogP contribution in [0.1, 0.15) is 24.5 Å². The average Bonchev–Trinajstić information content (AvgIpc) is 2.28. The summed E-state index contributed by atoms with van der Waals surface area (Å²) < 4.78 is 5.03. The van der Waals surface area contributed by atoms with Gasteiger partial charge in [0.25, 0.3) is 0 Å². The van der Waals surface area contributed by atoms with E-state index < -0.39 is 0 Å². The SMILES string of the molecule is CCOC(=O)C1CCc2cc(O)ccc2C1. The van der Waals surface area contributed by atoms with Crippen LogP contribution in [0, 0.1) is 5.92 Å². The summed E-state index contributed by atoms with van der Waals surface area (Å²) in [6, 6.07) is 5.36. The Hall–Kier alpha value is -1.51. The first-order valence-electron chi connectivity index (χ1n) is 5.68. The van der Waals surface area contributed by atoms with Crippen molar-refractivity contribution in [1.82, 2.24) is 0 Å². The van der Waals surface area contributed by atoms with Crippen molar-refractivity contribution in [2.75, 3.05) is 6.61 Å². The van der Waals surface area contributed by atoms with Gasteiger partial charge >= 0.3 is 5.97 Å². The number of benzene rings is 1. The van der Waals surface area contributed by atoms with Crippen molar-refractivity contribution in [3.63, 3.8) is 0 Å². The van der Waals surface area contributed by atoms with E-state index in [0.717, 1.165) is 30.4 Å². The zero-order valence-corrected chi connectivity index (χ0v) is 9.40. The molecule has 1 aromatic carbocycles. The number of phenols is 1. The first-order chi connectivity index (χ1) is 7.70. The third kappa shape index (κ3) is 2.18. The molecule has 86 valence electrons. The lowest BCUT2D eigenvalue weighted by Crippen LogP contribution is -2.24. The lowest BCUT2D eigenvalue weighted by Gasteiger charge is -2.23. The molecule has 0 fully saturated rings. The van der Waals surface area contributed by atoms with Gasteiger partial charge in [-0.3, -0.25) is 4.79 Å². The van der Waals surface area contributed by atoms with E-state index in [-0.39, 0.29) is 11.9 Å². The van der Waals surface area contributed by atoms with Crippen LogP contribution >= 0.6 is 0 Å². The molecule has 1 aliphatic rings. The number of phenolic OH excluding ortho intramolecular Hbond substituents is 1. The summed E-state index contributed by atoms with van der Waals surface area (Å²) in [5, 5.41) is 9.36. The van der Waals surface area contributed by atoms with Gasteiger partial charge < -0.3 is 9.84 Å². The monoisotopic (exact) mass is 220 g/mol. The summed E-state index contributed by atoms with van der Waals surface area (Å²) in [6.45, 7) is 2.27. The molecule has 1 unspecified atom stereocenters. The van der Waals surface area contributed by atoms with Gasteiger partial charge in [-0.05, 0) is 49.4 Å². The molecule has 0 heterocycles. The fourth-order valence-corrected chi connectivity index (χ4v) is 2.20.